The van der Waals surface area contributed by atoms with Crippen molar-refractivity contribution in [3.63, 3.8) is 0 Å². The molecule has 2 amide bonds. The maximum absolute atomic E-state index is 14.3. The molecule has 3 saturated carbocycles. The van der Waals surface area contributed by atoms with Crippen molar-refractivity contribution in [3.8, 4) is 0 Å². The Morgan fingerprint density at radius 1 is 1.13 bits per heavy atom. The molecule has 1 unspecified atom stereocenters. The van der Waals surface area contributed by atoms with Crippen LogP contribution < -0.4 is 10.6 Å². The van der Waals surface area contributed by atoms with Crippen LogP contribution in [0.1, 0.15) is 70.7 Å². The average Bonchev–Trinajstić information content (AvgIpc) is 3.81. The lowest BCUT2D eigenvalue weighted by molar-refractivity contribution is -0.199. The van der Waals surface area contributed by atoms with Crippen molar-refractivity contribution in [1.29, 1.82) is 0 Å². The summed E-state index contributed by atoms with van der Waals surface area (Å²) in [5.74, 6) is 0.368. The minimum atomic E-state index is -1.36. The Labute approximate surface area is 263 Å². The molecule has 3 aromatic heterocycles. The molecule has 0 radical (unpaired) electrons. The first-order valence-corrected chi connectivity index (χ1v) is 16.0. The summed E-state index contributed by atoms with van der Waals surface area (Å²) in [6, 6.07) is 5.32. The molecule has 5 aliphatic rings. The molecule has 0 aromatic carbocycles. The third-order valence-electron chi connectivity index (χ3n) is 10.7. The van der Waals surface area contributed by atoms with E-state index in [0.29, 0.717) is 35.2 Å². The van der Waals surface area contributed by atoms with Crippen molar-refractivity contribution in [2.45, 2.75) is 90.1 Å². The fourth-order valence-electron chi connectivity index (χ4n) is 8.10. The fraction of sp³-hybridized carbons (Fsp3) is 0.594. The molecule has 3 aromatic rings. The van der Waals surface area contributed by atoms with Crippen LogP contribution in [0.25, 0.3) is 5.65 Å². The molecule has 3 aliphatic carbocycles. The molecule has 5 heterocycles. The van der Waals surface area contributed by atoms with Crippen molar-refractivity contribution in [2.24, 2.45) is 28.3 Å². The molecule has 12 nitrogen and oxygen atoms in total. The number of aromatic nitrogens is 4. The molecule has 2 aliphatic heterocycles. The highest BCUT2D eigenvalue weighted by atomic mass is 16.7. The highest BCUT2D eigenvalue weighted by Crippen LogP contribution is 2.65. The largest absolute Gasteiger partial charge is 0.481 e. The van der Waals surface area contributed by atoms with Crippen LogP contribution in [0.4, 0.5) is 0 Å². The van der Waals surface area contributed by atoms with Gasteiger partial charge in [-0.25, -0.2) is 4.98 Å². The van der Waals surface area contributed by atoms with E-state index in [1.54, 1.807) is 52.1 Å². The lowest BCUT2D eigenvalue weighted by Crippen LogP contribution is -2.65. The highest BCUT2D eigenvalue weighted by molar-refractivity contribution is 6.48. The van der Waals surface area contributed by atoms with E-state index in [4.69, 9.17) is 14.1 Å². The maximum Gasteiger partial charge on any atom is 0.481 e. The SMILES string of the molecule is CC(C)C[C@H](NC(=O)C1(Cn2cccn2)CC(CNC(=O)c2cccn3ccnc23)=NO1)B1O[C@@H]2C[C@@H]3C[C@@H](C3(C)C)[C@]2(C)O1. The zero-order valence-corrected chi connectivity index (χ0v) is 26.6. The zero-order valence-electron chi connectivity index (χ0n) is 26.6. The summed E-state index contributed by atoms with van der Waals surface area (Å²) in [5.41, 5.74) is 0.0490. The lowest BCUT2D eigenvalue weighted by Gasteiger charge is -2.64. The van der Waals surface area contributed by atoms with Gasteiger partial charge in [0, 0.05) is 37.4 Å². The van der Waals surface area contributed by atoms with Crippen LogP contribution in [0.15, 0.2) is 54.3 Å². The average molecular weight is 616 g/mol. The van der Waals surface area contributed by atoms with E-state index >= 15 is 0 Å². The van der Waals surface area contributed by atoms with Gasteiger partial charge in [-0.1, -0.05) is 32.9 Å². The number of hydrogen-bond donors (Lipinski definition) is 2. The Bertz CT molecular complexity index is 1620. The quantitative estimate of drug-likeness (QED) is 0.335. The van der Waals surface area contributed by atoms with Crippen molar-refractivity contribution in [2.75, 3.05) is 6.54 Å². The van der Waals surface area contributed by atoms with E-state index in [0.717, 1.165) is 12.8 Å². The molecule has 0 spiro atoms. The summed E-state index contributed by atoms with van der Waals surface area (Å²) in [6.45, 7) is 11.4. The summed E-state index contributed by atoms with van der Waals surface area (Å²) >= 11 is 0. The summed E-state index contributed by atoms with van der Waals surface area (Å²) in [4.78, 5) is 37.6. The van der Waals surface area contributed by atoms with E-state index in [1.165, 1.54) is 0 Å². The van der Waals surface area contributed by atoms with Crippen molar-refractivity contribution < 1.29 is 23.7 Å². The van der Waals surface area contributed by atoms with E-state index in [1.807, 2.05) is 6.20 Å². The second kappa shape index (κ2) is 11.0. The minimum Gasteiger partial charge on any atom is -0.404 e. The molecule has 4 fully saturated rings. The van der Waals surface area contributed by atoms with Gasteiger partial charge in [0.2, 0.25) is 5.60 Å². The Morgan fingerprint density at radius 3 is 2.73 bits per heavy atom. The number of pyridine rings is 1. The van der Waals surface area contributed by atoms with Gasteiger partial charge in [-0.05, 0) is 67.6 Å². The maximum atomic E-state index is 14.3. The summed E-state index contributed by atoms with van der Waals surface area (Å²) in [6.07, 6.45) is 11.7. The number of fused-ring (bicyclic) bond motifs is 1. The number of rotatable bonds is 10. The Kier molecular flexibility index (Phi) is 7.31. The topological polar surface area (TPSA) is 133 Å². The predicted octanol–water partition coefficient (Wildman–Crippen LogP) is 3.27. The Morgan fingerprint density at radius 2 is 1.98 bits per heavy atom. The van der Waals surface area contributed by atoms with Crippen LogP contribution in [0, 0.1) is 23.2 Å². The van der Waals surface area contributed by atoms with Crippen molar-refractivity contribution >= 4 is 30.3 Å². The van der Waals surface area contributed by atoms with E-state index in [9.17, 15) is 9.59 Å². The summed E-state index contributed by atoms with van der Waals surface area (Å²) < 4.78 is 16.8. The van der Waals surface area contributed by atoms with Gasteiger partial charge in [0.1, 0.15) is 5.65 Å². The number of imidazole rings is 1. The summed E-state index contributed by atoms with van der Waals surface area (Å²) in [5, 5.41) is 14.8. The van der Waals surface area contributed by atoms with Gasteiger partial charge >= 0.3 is 7.12 Å². The molecule has 2 N–H and O–H groups in total. The molecular formula is C32H42BN7O5. The molecule has 2 bridgehead atoms. The smallest absolute Gasteiger partial charge is 0.404 e. The van der Waals surface area contributed by atoms with Crippen LogP contribution >= 0.6 is 0 Å². The molecular weight excluding hydrogens is 573 g/mol. The first-order valence-electron chi connectivity index (χ1n) is 16.0. The highest BCUT2D eigenvalue weighted by Gasteiger charge is 2.68. The molecule has 13 heteroatoms. The van der Waals surface area contributed by atoms with Crippen molar-refractivity contribution in [3.05, 3.63) is 54.7 Å². The summed E-state index contributed by atoms with van der Waals surface area (Å²) in [7, 11) is -0.560. The third kappa shape index (κ3) is 5.13. The van der Waals surface area contributed by atoms with Gasteiger partial charge in [0.15, 0.2) is 0 Å². The minimum absolute atomic E-state index is 0.0120. The van der Waals surface area contributed by atoms with E-state index < -0.39 is 12.7 Å². The number of amides is 2. The second-order valence-corrected chi connectivity index (χ2v) is 14.4. The van der Waals surface area contributed by atoms with Gasteiger partial charge < -0.3 is 29.2 Å². The van der Waals surface area contributed by atoms with Crippen LogP contribution in [-0.4, -0.2) is 73.6 Å². The third-order valence-corrected chi connectivity index (χ3v) is 10.7. The second-order valence-electron chi connectivity index (χ2n) is 14.4. The number of hydrogen-bond acceptors (Lipinski definition) is 8. The Balaban J connectivity index is 1.07. The van der Waals surface area contributed by atoms with Gasteiger partial charge in [0.05, 0.1) is 42.0 Å². The molecule has 8 rings (SSSR count). The van der Waals surface area contributed by atoms with Gasteiger partial charge in [-0.2, -0.15) is 5.10 Å². The molecule has 45 heavy (non-hydrogen) atoms. The standard InChI is InChI=1S/C32H42BN7O5/c1-20(2)14-26(33-43-25-16-21-15-24(30(21,3)4)31(25,5)44-33)37-29(42)32(19-40-12-7-9-36-40)17-22(38-45-32)18-35-28(41)23-8-6-11-39-13-10-34-27(23)39/h6-13,20-21,24-26H,14-19H2,1-5H3,(H,35,41)(H,37,42)/t21-,24-,25+,26-,31-,32?/m0/s1. The normalized spacial score (nSPS) is 30.4. The van der Waals surface area contributed by atoms with E-state index in [2.05, 4.69) is 60.5 Å². The molecule has 238 valence electrons. The fourth-order valence-corrected chi connectivity index (χ4v) is 8.10. The monoisotopic (exact) mass is 615 g/mol. The van der Waals surface area contributed by atoms with Crippen LogP contribution in [0.3, 0.4) is 0 Å². The molecule has 6 atom stereocenters. The first-order chi connectivity index (χ1) is 21.5. The zero-order chi connectivity index (χ0) is 31.6. The van der Waals surface area contributed by atoms with Gasteiger partial charge in [0.25, 0.3) is 11.8 Å². The predicted molar refractivity (Wildman–Crippen MR) is 167 cm³/mol. The molecule has 1 saturated heterocycles. The van der Waals surface area contributed by atoms with E-state index in [-0.39, 0.29) is 60.3 Å². The first kappa shape index (κ1) is 30.0. The van der Waals surface area contributed by atoms with Gasteiger partial charge in [-0.15, -0.1) is 0 Å². The number of nitrogens with one attached hydrogen (secondary N) is 2. The van der Waals surface area contributed by atoms with Gasteiger partial charge in [-0.3, -0.25) is 14.3 Å². The lowest BCUT2D eigenvalue weighted by atomic mass is 9.43. The number of oxime groups is 1. The number of carbonyl (C=O) groups excluding carboxylic acids is 2. The number of carbonyl (C=O) groups is 2. The number of nitrogens with zero attached hydrogens (tertiary/aromatic N) is 5. The van der Waals surface area contributed by atoms with Crippen LogP contribution in [0.5, 0.6) is 0 Å². The van der Waals surface area contributed by atoms with Crippen LogP contribution in [-0.2, 0) is 25.5 Å². The van der Waals surface area contributed by atoms with Crippen LogP contribution in [0.2, 0.25) is 0 Å². The Hall–Kier alpha value is -3.71. The van der Waals surface area contributed by atoms with Crippen molar-refractivity contribution in [1.82, 2.24) is 29.8 Å².